The van der Waals surface area contributed by atoms with Crippen LogP contribution < -0.4 is 0 Å². The molecule has 1 aromatic rings. The van der Waals surface area contributed by atoms with E-state index < -0.39 is 16.3 Å². The first kappa shape index (κ1) is 11.6. The third-order valence-corrected chi connectivity index (χ3v) is 3.54. The topological polar surface area (TPSA) is 80.4 Å². The zero-order valence-corrected chi connectivity index (χ0v) is 9.47. The van der Waals surface area contributed by atoms with Gasteiger partial charge in [0.25, 0.3) is 5.69 Å². The van der Waals surface area contributed by atoms with E-state index in [-0.39, 0.29) is 5.69 Å². The molecule has 2 rings (SSSR count). The molecule has 0 amide bonds. The summed E-state index contributed by atoms with van der Waals surface area (Å²) in [5, 5.41) is 20.3. The van der Waals surface area contributed by atoms with Crippen LogP contribution in [0, 0.1) is 17.0 Å². The lowest BCUT2D eigenvalue weighted by atomic mass is 9.63. The normalized spacial score (nSPS) is 17.2. The summed E-state index contributed by atoms with van der Waals surface area (Å²) in [6, 6.07) is 4.70. The van der Waals surface area contributed by atoms with Crippen LogP contribution in [-0.4, -0.2) is 16.0 Å². The fraction of sp³-hybridized carbons (Fsp3) is 0.417. The fourth-order valence-electron chi connectivity index (χ4n) is 2.53. The molecular weight excluding hydrogens is 222 g/mol. The van der Waals surface area contributed by atoms with Crippen molar-refractivity contribution in [2.75, 3.05) is 0 Å². The van der Waals surface area contributed by atoms with Gasteiger partial charge in [-0.05, 0) is 25.3 Å². The second-order valence-electron chi connectivity index (χ2n) is 4.47. The Bertz CT molecular complexity index is 491. The molecular formula is C12H13NO4. The Kier molecular flexibility index (Phi) is 2.61. The SMILES string of the molecule is Cc1cccc([N+](=O)[O-])c1C1(C(=O)O)CCC1. The van der Waals surface area contributed by atoms with Crippen molar-refractivity contribution in [1.29, 1.82) is 0 Å². The lowest BCUT2D eigenvalue weighted by molar-refractivity contribution is -0.386. The van der Waals surface area contributed by atoms with Crippen LogP contribution in [0.25, 0.3) is 0 Å². The molecule has 1 N–H and O–H groups in total. The van der Waals surface area contributed by atoms with Gasteiger partial charge in [-0.1, -0.05) is 18.6 Å². The number of nitro groups is 1. The number of hydrogen-bond donors (Lipinski definition) is 1. The summed E-state index contributed by atoms with van der Waals surface area (Å²) in [5.74, 6) is -0.957. The maximum absolute atomic E-state index is 11.4. The largest absolute Gasteiger partial charge is 0.481 e. The predicted molar refractivity (Wildman–Crippen MR) is 61.0 cm³/mol. The summed E-state index contributed by atoms with van der Waals surface area (Å²) in [7, 11) is 0. The van der Waals surface area contributed by atoms with Gasteiger partial charge in [0, 0.05) is 6.07 Å². The zero-order valence-electron chi connectivity index (χ0n) is 9.47. The van der Waals surface area contributed by atoms with Crippen molar-refractivity contribution in [2.24, 2.45) is 0 Å². The number of aryl methyl sites for hydroxylation is 1. The Morgan fingerprint density at radius 1 is 1.47 bits per heavy atom. The number of aliphatic carboxylic acids is 1. The third kappa shape index (κ3) is 1.58. The van der Waals surface area contributed by atoms with Gasteiger partial charge >= 0.3 is 5.97 Å². The number of carbonyl (C=O) groups is 1. The zero-order chi connectivity index (χ0) is 12.6. The molecule has 1 saturated carbocycles. The smallest absolute Gasteiger partial charge is 0.314 e. The maximum Gasteiger partial charge on any atom is 0.314 e. The summed E-state index contributed by atoms with van der Waals surface area (Å²) in [6.07, 6.45) is 1.76. The highest BCUT2D eigenvalue weighted by Gasteiger charge is 2.50. The minimum atomic E-state index is -1.05. The van der Waals surface area contributed by atoms with Crippen molar-refractivity contribution in [3.05, 3.63) is 39.4 Å². The van der Waals surface area contributed by atoms with Crippen LogP contribution in [0.15, 0.2) is 18.2 Å². The quantitative estimate of drug-likeness (QED) is 0.644. The molecule has 1 aromatic carbocycles. The van der Waals surface area contributed by atoms with Crippen LogP contribution in [0.1, 0.15) is 30.4 Å². The van der Waals surface area contributed by atoms with Crippen LogP contribution >= 0.6 is 0 Å². The second-order valence-corrected chi connectivity index (χ2v) is 4.47. The van der Waals surface area contributed by atoms with Crippen LogP contribution in [0.3, 0.4) is 0 Å². The average molecular weight is 235 g/mol. The molecule has 0 saturated heterocycles. The van der Waals surface area contributed by atoms with Crippen LogP contribution in [0.2, 0.25) is 0 Å². The van der Waals surface area contributed by atoms with Gasteiger partial charge in [-0.3, -0.25) is 14.9 Å². The van der Waals surface area contributed by atoms with Gasteiger partial charge < -0.3 is 5.11 Å². The Balaban J connectivity index is 2.65. The van der Waals surface area contributed by atoms with E-state index in [9.17, 15) is 20.0 Å². The summed E-state index contributed by atoms with van der Waals surface area (Å²) in [4.78, 5) is 21.9. The van der Waals surface area contributed by atoms with Crippen molar-refractivity contribution in [3.63, 3.8) is 0 Å². The Hall–Kier alpha value is -1.91. The summed E-state index contributed by atoms with van der Waals surface area (Å²) >= 11 is 0. The lowest BCUT2D eigenvalue weighted by Crippen LogP contribution is -2.43. The van der Waals surface area contributed by atoms with Crippen molar-refractivity contribution in [1.82, 2.24) is 0 Å². The van der Waals surface area contributed by atoms with E-state index in [1.54, 1.807) is 19.1 Å². The second kappa shape index (κ2) is 3.84. The molecule has 90 valence electrons. The summed E-state index contributed by atoms with van der Waals surface area (Å²) in [5.41, 5.74) is -0.0644. The molecule has 5 nitrogen and oxygen atoms in total. The molecule has 1 aliphatic rings. The first-order valence-electron chi connectivity index (χ1n) is 5.47. The number of carboxylic acids is 1. The molecule has 0 bridgehead atoms. The Labute approximate surface area is 98.2 Å². The van der Waals surface area contributed by atoms with Crippen LogP contribution in [0.5, 0.6) is 0 Å². The maximum atomic E-state index is 11.4. The monoisotopic (exact) mass is 235 g/mol. The molecule has 0 atom stereocenters. The molecule has 1 fully saturated rings. The first-order chi connectivity index (χ1) is 7.99. The fourth-order valence-corrected chi connectivity index (χ4v) is 2.53. The van der Waals surface area contributed by atoms with E-state index in [1.165, 1.54) is 6.07 Å². The number of benzene rings is 1. The number of carboxylic acid groups (broad SMARTS) is 1. The molecule has 0 aliphatic heterocycles. The van der Waals surface area contributed by atoms with Crippen LogP contribution in [-0.2, 0) is 10.2 Å². The van der Waals surface area contributed by atoms with Crippen molar-refractivity contribution in [2.45, 2.75) is 31.6 Å². The van der Waals surface area contributed by atoms with Gasteiger partial charge in [-0.2, -0.15) is 0 Å². The van der Waals surface area contributed by atoms with Crippen LogP contribution in [0.4, 0.5) is 5.69 Å². The van der Waals surface area contributed by atoms with E-state index in [4.69, 9.17) is 0 Å². The van der Waals surface area contributed by atoms with E-state index in [0.717, 1.165) is 6.42 Å². The van der Waals surface area contributed by atoms with Gasteiger partial charge in [-0.25, -0.2) is 0 Å². The molecule has 0 spiro atoms. The number of rotatable bonds is 3. The van der Waals surface area contributed by atoms with Crippen molar-refractivity contribution >= 4 is 11.7 Å². The molecule has 0 radical (unpaired) electrons. The van der Waals surface area contributed by atoms with Crippen molar-refractivity contribution in [3.8, 4) is 0 Å². The molecule has 5 heteroatoms. The predicted octanol–water partition coefficient (Wildman–Crippen LogP) is 2.41. The third-order valence-electron chi connectivity index (χ3n) is 3.54. The lowest BCUT2D eigenvalue weighted by Gasteiger charge is -2.38. The van der Waals surface area contributed by atoms with E-state index in [0.29, 0.717) is 24.0 Å². The van der Waals surface area contributed by atoms with Gasteiger partial charge in [0.1, 0.15) is 0 Å². The highest BCUT2D eigenvalue weighted by atomic mass is 16.6. The van der Waals surface area contributed by atoms with Gasteiger partial charge in [0.2, 0.25) is 0 Å². The number of hydrogen-bond acceptors (Lipinski definition) is 3. The summed E-state index contributed by atoms with van der Waals surface area (Å²) < 4.78 is 0. The van der Waals surface area contributed by atoms with Gasteiger partial charge in [0.05, 0.1) is 15.9 Å². The molecule has 17 heavy (non-hydrogen) atoms. The highest BCUT2D eigenvalue weighted by Crippen LogP contribution is 2.48. The standard InChI is InChI=1S/C12H13NO4/c1-8-4-2-5-9(13(16)17)10(8)12(11(14)15)6-3-7-12/h2,4-5H,3,6-7H2,1H3,(H,14,15). The highest BCUT2D eigenvalue weighted by molar-refractivity contribution is 5.85. The average Bonchev–Trinajstić information content (AvgIpc) is 2.17. The molecule has 0 heterocycles. The van der Waals surface area contributed by atoms with Gasteiger partial charge in [0.15, 0.2) is 0 Å². The molecule has 1 aliphatic carbocycles. The van der Waals surface area contributed by atoms with E-state index in [2.05, 4.69) is 0 Å². The van der Waals surface area contributed by atoms with E-state index >= 15 is 0 Å². The molecule has 0 unspecified atom stereocenters. The Morgan fingerprint density at radius 2 is 2.12 bits per heavy atom. The summed E-state index contributed by atoms with van der Waals surface area (Å²) in [6.45, 7) is 1.73. The number of nitrogens with zero attached hydrogens (tertiary/aromatic N) is 1. The van der Waals surface area contributed by atoms with Gasteiger partial charge in [-0.15, -0.1) is 0 Å². The van der Waals surface area contributed by atoms with Crippen molar-refractivity contribution < 1.29 is 14.8 Å². The first-order valence-corrected chi connectivity index (χ1v) is 5.47. The minimum absolute atomic E-state index is 0.0768. The molecule has 0 aromatic heterocycles. The van der Waals surface area contributed by atoms with E-state index in [1.807, 2.05) is 0 Å². The number of nitro benzene ring substituents is 1. The Morgan fingerprint density at radius 3 is 2.53 bits per heavy atom. The minimum Gasteiger partial charge on any atom is -0.481 e.